The Kier molecular flexibility index (Phi) is 7.65. The lowest BCUT2D eigenvalue weighted by Crippen LogP contribution is -2.23. The molecule has 0 amide bonds. The summed E-state index contributed by atoms with van der Waals surface area (Å²) in [4.78, 5) is 23.7. The Morgan fingerprint density at radius 3 is 1.04 bits per heavy atom. The second kappa shape index (κ2) is 9.37. The molecule has 4 nitrogen and oxygen atoms in total. The maximum absolute atomic E-state index is 11.9. The van der Waals surface area contributed by atoms with Gasteiger partial charge in [0.05, 0.1) is 0 Å². The third kappa shape index (κ3) is 3.98. The predicted molar refractivity (Wildman–Crippen MR) is 112 cm³/mol. The molecule has 0 aromatic heterocycles. The van der Waals surface area contributed by atoms with Crippen LogP contribution in [-0.4, -0.2) is 0 Å². The monoisotopic (exact) mass is 418 g/mol. The van der Waals surface area contributed by atoms with Crippen molar-refractivity contribution in [2.24, 2.45) is 0 Å². The molecule has 0 radical (unpaired) electrons. The summed E-state index contributed by atoms with van der Waals surface area (Å²) >= 11 is 0. The minimum Gasteiger partial charge on any atom is -0.595 e. The molecule has 0 aliphatic heterocycles. The highest BCUT2D eigenvalue weighted by Gasteiger charge is 2.42. The Bertz CT molecular complexity index is 749. The first-order valence-corrected chi connectivity index (χ1v) is 12.2. The van der Waals surface area contributed by atoms with E-state index in [1.165, 1.54) is 0 Å². The number of hydrogen-bond acceptors (Lipinski definition) is 4. The van der Waals surface area contributed by atoms with Crippen molar-refractivity contribution < 1.29 is 18.9 Å². The molecule has 2 aromatic rings. The van der Waals surface area contributed by atoms with E-state index in [-0.39, 0.29) is 0 Å². The molecule has 0 aliphatic carbocycles. The van der Waals surface area contributed by atoms with Crippen LogP contribution in [0.3, 0.4) is 0 Å². The van der Waals surface area contributed by atoms with Crippen LogP contribution in [0.4, 0.5) is 0 Å². The van der Waals surface area contributed by atoms with Crippen molar-refractivity contribution in [2.75, 3.05) is 0 Å². The largest absolute Gasteiger partial charge is 0.595 e. The lowest BCUT2D eigenvalue weighted by molar-refractivity contribution is -0.171. The highest BCUT2D eigenvalue weighted by atomic mass is 31.1. The summed E-state index contributed by atoms with van der Waals surface area (Å²) in [6, 6.07) is 15.3. The van der Waals surface area contributed by atoms with Crippen molar-refractivity contribution in [1.82, 2.24) is 0 Å². The number of benzene rings is 2. The van der Waals surface area contributed by atoms with E-state index in [4.69, 9.17) is 0 Å². The first-order chi connectivity index (χ1) is 13.3. The second-order valence-electron chi connectivity index (χ2n) is 7.15. The third-order valence-corrected chi connectivity index (χ3v) is 9.40. The number of rotatable bonds is 9. The normalized spacial score (nSPS) is 13.4. The summed E-state index contributed by atoms with van der Waals surface area (Å²) in [6.07, 6.45) is 2.17. The summed E-state index contributed by atoms with van der Waals surface area (Å²) in [5.41, 5.74) is 3.58. The third-order valence-electron chi connectivity index (χ3n) is 6.22. The van der Waals surface area contributed by atoms with E-state index in [1.807, 2.05) is 76.2 Å². The van der Waals surface area contributed by atoms with E-state index in [9.17, 15) is 18.9 Å². The molecule has 6 heteroatoms. The molecule has 2 rings (SSSR count). The van der Waals surface area contributed by atoms with Gasteiger partial charge in [0.1, 0.15) is 0 Å². The molecule has 0 saturated heterocycles. The quantitative estimate of drug-likeness (QED) is 0.497. The molecular formula is C22H28O4P2. The molecule has 2 unspecified atom stereocenters. The molecule has 150 valence electrons. The molecule has 0 bridgehead atoms. The molecule has 0 fully saturated rings. The smallest absolute Gasteiger partial charge is 0.320 e. The first kappa shape index (κ1) is 22.8. The summed E-state index contributed by atoms with van der Waals surface area (Å²) in [5.74, 6) is 0. The Hall–Kier alpha value is -1.44. The summed E-state index contributed by atoms with van der Waals surface area (Å²) in [7, 11) is -5.15. The lowest BCUT2D eigenvalue weighted by atomic mass is 9.89. The molecular weight excluding hydrogens is 390 g/mol. The van der Waals surface area contributed by atoms with E-state index >= 15 is 0 Å². The topological polar surface area (TPSA) is 80.3 Å². The van der Waals surface area contributed by atoms with E-state index in [1.54, 1.807) is 0 Å². The van der Waals surface area contributed by atoms with Crippen LogP contribution in [0.5, 0.6) is 0 Å². The minimum atomic E-state index is -2.57. The van der Waals surface area contributed by atoms with Crippen LogP contribution in [0.2, 0.25) is 0 Å². The van der Waals surface area contributed by atoms with E-state index in [0.29, 0.717) is 25.7 Å². The van der Waals surface area contributed by atoms with Crippen LogP contribution in [0, 0.1) is 0 Å². The van der Waals surface area contributed by atoms with Gasteiger partial charge in [0, 0.05) is 11.1 Å². The fourth-order valence-corrected chi connectivity index (χ4v) is 5.74. The Balaban J connectivity index is 2.37. The zero-order chi connectivity index (χ0) is 20.9. The summed E-state index contributed by atoms with van der Waals surface area (Å²) in [6.45, 7) is 7.59. The van der Waals surface area contributed by atoms with E-state index < -0.39 is 26.4 Å². The molecule has 0 spiro atoms. The summed E-state index contributed by atoms with van der Waals surface area (Å²) in [5, 5.41) is -1.64. The molecule has 0 saturated carbocycles. The van der Waals surface area contributed by atoms with Crippen LogP contribution < -0.4 is 9.79 Å². The highest BCUT2D eigenvalue weighted by molar-refractivity contribution is 7.38. The standard InChI is InChI=1S/C22H28O4P2/c1-5-21(6-2,27(23)24)19-13-9-17(10-14-19)18-11-15-20(16-12-18)22(7-3,8-4)28(25)26/h9-16H,5-8H2,1-4H3. The van der Waals surface area contributed by atoms with Crippen molar-refractivity contribution in [3.8, 4) is 11.1 Å². The van der Waals surface area contributed by atoms with Gasteiger partial charge in [0.2, 0.25) is 0 Å². The highest BCUT2D eigenvalue weighted by Crippen LogP contribution is 2.49. The summed E-state index contributed by atoms with van der Waals surface area (Å²) < 4.78 is 23.7. The van der Waals surface area contributed by atoms with Gasteiger partial charge >= 0.3 is 16.1 Å². The average Bonchev–Trinajstić information content (AvgIpc) is 2.71. The molecule has 0 aliphatic rings. The fourth-order valence-electron chi connectivity index (χ4n) is 3.99. The SMILES string of the molecule is CCC(CC)(c1ccc(-c2ccc(C(CC)(CC)[P+](=O)[O-])cc2)cc1)[P+](=O)[O-]. The Morgan fingerprint density at radius 1 is 0.607 bits per heavy atom. The molecule has 0 N–H and O–H groups in total. The van der Waals surface area contributed by atoms with E-state index in [0.717, 1.165) is 22.3 Å². The molecule has 2 atom stereocenters. The predicted octanol–water partition coefficient (Wildman–Crippen LogP) is 5.59. The van der Waals surface area contributed by atoms with Gasteiger partial charge in [0.25, 0.3) is 0 Å². The van der Waals surface area contributed by atoms with Gasteiger partial charge in [-0.2, -0.15) is 0 Å². The van der Waals surface area contributed by atoms with E-state index in [2.05, 4.69) is 0 Å². The Labute approximate surface area is 169 Å². The van der Waals surface area contributed by atoms with Gasteiger partial charge in [0.15, 0.2) is 10.3 Å². The van der Waals surface area contributed by atoms with Crippen LogP contribution in [0.15, 0.2) is 48.5 Å². The van der Waals surface area contributed by atoms with Gasteiger partial charge in [-0.05, 0) is 36.8 Å². The molecule has 2 aromatic carbocycles. The first-order valence-electron chi connectivity index (χ1n) is 9.81. The second-order valence-corrected chi connectivity index (χ2v) is 9.89. The van der Waals surface area contributed by atoms with Crippen molar-refractivity contribution in [3.63, 3.8) is 0 Å². The fraction of sp³-hybridized carbons (Fsp3) is 0.455. The van der Waals surface area contributed by atoms with Crippen molar-refractivity contribution >= 4 is 16.1 Å². The van der Waals surface area contributed by atoms with Crippen molar-refractivity contribution in [3.05, 3.63) is 59.7 Å². The molecule has 28 heavy (non-hydrogen) atoms. The maximum Gasteiger partial charge on any atom is 0.320 e. The Morgan fingerprint density at radius 2 is 0.857 bits per heavy atom. The van der Waals surface area contributed by atoms with Crippen LogP contribution in [-0.2, 0) is 19.4 Å². The van der Waals surface area contributed by atoms with Crippen molar-refractivity contribution in [2.45, 2.75) is 63.7 Å². The van der Waals surface area contributed by atoms with Crippen LogP contribution in [0.1, 0.15) is 64.5 Å². The molecule has 0 heterocycles. The number of hydrogen-bond donors (Lipinski definition) is 0. The van der Waals surface area contributed by atoms with Gasteiger partial charge in [-0.25, -0.2) is 0 Å². The van der Waals surface area contributed by atoms with Gasteiger partial charge in [-0.1, -0.05) is 85.4 Å². The zero-order valence-electron chi connectivity index (χ0n) is 17.0. The minimum absolute atomic E-state index is 0.541. The maximum atomic E-state index is 11.9. The van der Waals surface area contributed by atoms with Crippen molar-refractivity contribution in [1.29, 1.82) is 0 Å². The zero-order valence-corrected chi connectivity index (χ0v) is 18.8. The van der Waals surface area contributed by atoms with Gasteiger partial charge < -0.3 is 9.79 Å². The average molecular weight is 418 g/mol. The van der Waals surface area contributed by atoms with Crippen LogP contribution >= 0.6 is 16.1 Å². The van der Waals surface area contributed by atoms with Gasteiger partial charge in [-0.15, -0.1) is 0 Å². The van der Waals surface area contributed by atoms with Gasteiger partial charge in [-0.3, -0.25) is 0 Å². The van der Waals surface area contributed by atoms with Crippen LogP contribution in [0.25, 0.3) is 11.1 Å². The lowest BCUT2D eigenvalue weighted by Gasteiger charge is -2.24.